The smallest absolute Gasteiger partial charge is 0.370 e. The Labute approximate surface area is 184 Å². The number of aliphatic imine (C=N–C) groups is 1. The first kappa shape index (κ1) is 26.3. The molecule has 1 rings (SSSR count). The molecule has 0 fully saturated rings. The standard InChI is InChI=1S/C21H37N5O5/c1-4-5-6-7-8-9-10-11-12-26(3)19(28)18-17(24-14(2)27)15(25-21(22)23)13-16(31-18)20(29)30/h13,15,17-18H,4-12H2,1-3H3,(H,24,27)(H,29,30)(H4,22,23,25)/t15-,17+,18+/m0/s1. The molecule has 2 amide bonds. The minimum Gasteiger partial charge on any atom is -0.475 e. The number of rotatable bonds is 13. The lowest BCUT2D eigenvalue weighted by atomic mass is 9.97. The normalized spacial score (nSPS) is 20.2. The summed E-state index contributed by atoms with van der Waals surface area (Å²) in [6.07, 6.45) is 9.02. The Bertz CT molecular complexity index is 675. The molecule has 1 aliphatic heterocycles. The molecule has 0 aliphatic carbocycles. The number of carboxylic acids is 1. The summed E-state index contributed by atoms with van der Waals surface area (Å²) in [5.74, 6) is -2.93. The van der Waals surface area contributed by atoms with E-state index in [2.05, 4.69) is 17.2 Å². The summed E-state index contributed by atoms with van der Waals surface area (Å²) in [6, 6.07) is -1.88. The number of aliphatic carboxylic acids is 1. The molecule has 0 unspecified atom stereocenters. The van der Waals surface area contributed by atoms with E-state index in [1.807, 2.05) is 0 Å². The highest BCUT2D eigenvalue weighted by molar-refractivity contribution is 5.89. The van der Waals surface area contributed by atoms with Gasteiger partial charge < -0.3 is 31.5 Å². The van der Waals surface area contributed by atoms with Crippen LogP contribution in [0.4, 0.5) is 0 Å². The van der Waals surface area contributed by atoms with Gasteiger partial charge in [0, 0.05) is 20.5 Å². The molecule has 0 saturated carbocycles. The lowest BCUT2D eigenvalue weighted by Crippen LogP contribution is -2.58. The molecular formula is C21H37N5O5. The largest absolute Gasteiger partial charge is 0.475 e. The maximum Gasteiger partial charge on any atom is 0.370 e. The monoisotopic (exact) mass is 439 g/mol. The number of likely N-dealkylation sites (N-methyl/N-ethyl adjacent to an activating group) is 1. The molecule has 3 atom stereocenters. The molecule has 0 aromatic rings. The van der Waals surface area contributed by atoms with Crippen LogP contribution >= 0.6 is 0 Å². The minimum absolute atomic E-state index is 0.290. The van der Waals surface area contributed by atoms with Crippen molar-refractivity contribution in [3.8, 4) is 0 Å². The average Bonchev–Trinajstić information content (AvgIpc) is 2.69. The molecule has 0 bridgehead atoms. The highest BCUT2D eigenvalue weighted by Gasteiger charge is 2.42. The van der Waals surface area contributed by atoms with Crippen molar-refractivity contribution in [3.05, 3.63) is 11.8 Å². The Morgan fingerprint density at radius 2 is 1.71 bits per heavy atom. The summed E-state index contributed by atoms with van der Waals surface area (Å²) in [5, 5.41) is 12.0. The summed E-state index contributed by atoms with van der Waals surface area (Å²) in [5.41, 5.74) is 10.9. The van der Waals surface area contributed by atoms with Crippen LogP contribution in [0, 0.1) is 0 Å². The van der Waals surface area contributed by atoms with Crippen LogP contribution in [0.2, 0.25) is 0 Å². The van der Waals surface area contributed by atoms with Gasteiger partial charge in [-0.1, -0.05) is 51.9 Å². The van der Waals surface area contributed by atoms with Crippen LogP contribution in [0.5, 0.6) is 0 Å². The van der Waals surface area contributed by atoms with Crippen LogP contribution in [0.1, 0.15) is 65.2 Å². The van der Waals surface area contributed by atoms with E-state index in [-0.39, 0.29) is 5.96 Å². The number of carbonyl (C=O) groups excluding carboxylic acids is 2. The molecule has 10 heteroatoms. The summed E-state index contributed by atoms with van der Waals surface area (Å²) in [4.78, 5) is 41.7. The zero-order valence-corrected chi connectivity index (χ0v) is 18.8. The Morgan fingerprint density at radius 1 is 1.13 bits per heavy atom. The van der Waals surface area contributed by atoms with Crippen molar-refractivity contribution in [3.63, 3.8) is 0 Å². The van der Waals surface area contributed by atoms with E-state index in [0.717, 1.165) is 19.3 Å². The van der Waals surface area contributed by atoms with E-state index in [1.165, 1.54) is 50.0 Å². The SMILES string of the molecule is CCCCCCCCCCN(C)C(=O)[C@@H]1OC(C(=O)O)=C[C@H](N=C(N)N)[C@H]1NC(C)=O. The molecule has 6 N–H and O–H groups in total. The number of hydrogen-bond donors (Lipinski definition) is 4. The molecule has 1 heterocycles. The van der Waals surface area contributed by atoms with Crippen LogP contribution in [0.15, 0.2) is 16.8 Å². The van der Waals surface area contributed by atoms with Crippen molar-refractivity contribution in [2.45, 2.75) is 83.4 Å². The number of carboxylic acid groups (broad SMARTS) is 1. The molecule has 0 spiro atoms. The fraction of sp³-hybridized carbons (Fsp3) is 0.714. The zero-order chi connectivity index (χ0) is 23.4. The Morgan fingerprint density at radius 3 is 2.23 bits per heavy atom. The molecule has 0 aromatic carbocycles. The van der Waals surface area contributed by atoms with Crippen LogP contribution in [-0.4, -0.2) is 65.5 Å². The van der Waals surface area contributed by atoms with Crippen molar-refractivity contribution in [1.82, 2.24) is 10.2 Å². The van der Waals surface area contributed by atoms with E-state index in [4.69, 9.17) is 16.2 Å². The van der Waals surface area contributed by atoms with Gasteiger partial charge in [-0.05, 0) is 12.5 Å². The second-order valence-electron chi connectivity index (χ2n) is 7.88. The lowest BCUT2D eigenvalue weighted by molar-refractivity contribution is -0.148. The van der Waals surface area contributed by atoms with Crippen molar-refractivity contribution in [1.29, 1.82) is 0 Å². The fourth-order valence-corrected chi connectivity index (χ4v) is 3.51. The van der Waals surface area contributed by atoms with Gasteiger partial charge in [0.25, 0.3) is 5.91 Å². The predicted molar refractivity (Wildman–Crippen MR) is 118 cm³/mol. The van der Waals surface area contributed by atoms with Gasteiger partial charge in [-0.25, -0.2) is 9.79 Å². The Hall–Kier alpha value is -2.78. The van der Waals surface area contributed by atoms with Crippen molar-refractivity contribution in [2.24, 2.45) is 16.5 Å². The number of nitrogens with two attached hydrogens (primary N) is 2. The number of nitrogens with one attached hydrogen (secondary N) is 1. The van der Waals surface area contributed by atoms with E-state index in [0.29, 0.717) is 6.54 Å². The van der Waals surface area contributed by atoms with Crippen LogP contribution < -0.4 is 16.8 Å². The second-order valence-corrected chi connectivity index (χ2v) is 7.88. The fourth-order valence-electron chi connectivity index (χ4n) is 3.51. The van der Waals surface area contributed by atoms with Gasteiger partial charge >= 0.3 is 5.97 Å². The van der Waals surface area contributed by atoms with Gasteiger partial charge in [-0.3, -0.25) is 9.59 Å². The Balaban J connectivity index is 2.78. The number of guanidine groups is 1. The lowest BCUT2D eigenvalue weighted by Gasteiger charge is -2.36. The van der Waals surface area contributed by atoms with Gasteiger partial charge in [0.15, 0.2) is 12.1 Å². The summed E-state index contributed by atoms with van der Waals surface area (Å²) in [7, 11) is 1.63. The molecule has 0 saturated heterocycles. The third-order valence-electron chi connectivity index (χ3n) is 5.12. The number of ether oxygens (including phenoxy) is 1. The molecule has 10 nitrogen and oxygen atoms in total. The molecule has 0 radical (unpaired) electrons. The second kappa shape index (κ2) is 13.5. The molecule has 31 heavy (non-hydrogen) atoms. The Kier molecular flexibility index (Phi) is 11.4. The number of hydrogen-bond acceptors (Lipinski definition) is 5. The first-order valence-corrected chi connectivity index (χ1v) is 10.9. The van der Waals surface area contributed by atoms with E-state index in [1.54, 1.807) is 7.05 Å². The van der Waals surface area contributed by atoms with Gasteiger partial charge in [0.1, 0.15) is 12.1 Å². The first-order valence-electron chi connectivity index (χ1n) is 10.9. The summed E-state index contributed by atoms with van der Waals surface area (Å²) < 4.78 is 5.44. The van der Waals surface area contributed by atoms with Crippen molar-refractivity contribution >= 4 is 23.7 Å². The minimum atomic E-state index is -1.35. The van der Waals surface area contributed by atoms with Gasteiger partial charge in [-0.15, -0.1) is 0 Å². The third-order valence-corrected chi connectivity index (χ3v) is 5.12. The van der Waals surface area contributed by atoms with Crippen LogP contribution in [-0.2, 0) is 19.1 Å². The van der Waals surface area contributed by atoms with Gasteiger partial charge in [-0.2, -0.15) is 0 Å². The quantitative estimate of drug-likeness (QED) is 0.190. The van der Waals surface area contributed by atoms with E-state index in [9.17, 15) is 19.5 Å². The van der Waals surface area contributed by atoms with E-state index < -0.39 is 41.7 Å². The van der Waals surface area contributed by atoms with Crippen molar-refractivity contribution in [2.75, 3.05) is 13.6 Å². The highest BCUT2D eigenvalue weighted by Crippen LogP contribution is 2.23. The van der Waals surface area contributed by atoms with Crippen LogP contribution in [0.25, 0.3) is 0 Å². The topological polar surface area (TPSA) is 160 Å². The van der Waals surface area contributed by atoms with Gasteiger partial charge in [0.2, 0.25) is 11.7 Å². The summed E-state index contributed by atoms with van der Waals surface area (Å²) >= 11 is 0. The number of unbranched alkanes of at least 4 members (excludes halogenated alkanes) is 7. The average molecular weight is 440 g/mol. The number of amides is 2. The molecule has 0 aromatic heterocycles. The number of carbonyl (C=O) groups is 3. The number of nitrogens with zero attached hydrogens (tertiary/aromatic N) is 2. The van der Waals surface area contributed by atoms with Crippen LogP contribution in [0.3, 0.4) is 0 Å². The first-order chi connectivity index (χ1) is 14.7. The summed E-state index contributed by atoms with van der Waals surface area (Å²) in [6.45, 7) is 3.97. The maximum absolute atomic E-state index is 13.0. The molecule has 1 aliphatic rings. The predicted octanol–water partition coefficient (Wildman–Crippen LogP) is 1.10. The van der Waals surface area contributed by atoms with E-state index >= 15 is 0 Å². The highest BCUT2D eigenvalue weighted by atomic mass is 16.5. The molecule has 176 valence electrons. The zero-order valence-electron chi connectivity index (χ0n) is 18.8. The van der Waals surface area contributed by atoms with Gasteiger partial charge in [0.05, 0.1) is 0 Å². The van der Waals surface area contributed by atoms with Crippen molar-refractivity contribution < 1.29 is 24.2 Å². The molecular weight excluding hydrogens is 402 g/mol. The maximum atomic E-state index is 13.0. The third kappa shape index (κ3) is 9.27.